The molecule has 6 heteroatoms. The van der Waals surface area contributed by atoms with Gasteiger partial charge in [-0.1, -0.05) is 0 Å². The molecule has 0 spiro atoms. The summed E-state index contributed by atoms with van der Waals surface area (Å²) < 4.78 is 5.07. The van der Waals surface area contributed by atoms with Crippen LogP contribution >= 0.6 is 0 Å². The summed E-state index contributed by atoms with van der Waals surface area (Å²) in [6.07, 6.45) is 0. The standard InChI is InChI=1S/C11H20N2O4/c1-9(2)13-4-3-12(10(15)11(13)16)5-7-17-8-6-14/h9,14H,3-8H2,1-2H3. The van der Waals surface area contributed by atoms with Crippen molar-refractivity contribution in [2.24, 2.45) is 0 Å². The molecule has 0 unspecified atom stereocenters. The monoisotopic (exact) mass is 244 g/mol. The van der Waals surface area contributed by atoms with Gasteiger partial charge in [0.2, 0.25) is 0 Å². The smallest absolute Gasteiger partial charge is 0.312 e. The molecular formula is C11H20N2O4. The van der Waals surface area contributed by atoms with E-state index in [1.165, 1.54) is 4.90 Å². The molecule has 1 N–H and O–H groups in total. The van der Waals surface area contributed by atoms with Gasteiger partial charge in [-0.05, 0) is 13.8 Å². The first-order chi connectivity index (χ1) is 8.07. The predicted octanol–water partition coefficient (Wildman–Crippen LogP) is -0.925. The fraction of sp³-hybridized carbons (Fsp3) is 0.818. The Morgan fingerprint density at radius 3 is 2.53 bits per heavy atom. The second kappa shape index (κ2) is 6.56. The summed E-state index contributed by atoms with van der Waals surface area (Å²) >= 11 is 0. The van der Waals surface area contributed by atoms with Crippen LogP contribution in [0.3, 0.4) is 0 Å². The predicted molar refractivity (Wildman–Crippen MR) is 61.3 cm³/mol. The van der Waals surface area contributed by atoms with Gasteiger partial charge < -0.3 is 19.6 Å². The first-order valence-electron chi connectivity index (χ1n) is 5.86. The molecule has 1 heterocycles. The van der Waals surface area contributed by atoms with Crippen LogP contribution < -0.4 is 0 Å². The third-order valence-electron chi connectivity index (χ3n) is 2.71. The van der Waals surface area contributed by atoms with Crippen LogP contribution in [0, 0.1) is 0 Å². The fourth-order valence-corrected chi connectivity index (χ4v) is 1.74. The van der Waals surface area contributed by atoms with Gasteiger partial charge in [-0.2, -0.15) is 0 Å². The summed E-state index contributed by atoms with van der Waals surface area (Å²) in [4.78, 5) is 26.5. The van der Waals surface area contributed by atoms with Gasteiger partial charge in [-0.25, -0.2) is 0 Å². The van der Waals surface area contributed by atoms with E-state index in [0.717, 1.165) is 0 Å². The molecule has 1 aliphatic rings. The van der Waals surface area contributed by atoms with E-state index in [9.17, 15) is 9.59 Å². The van der Waals surface area contributed by atoms with Gasteiger partial charge in [0.15, 0.2) is 0 Å². The Labute approximate surface area is 101 Å². The van der Waals surface area contributed by atoms with E-state index >= 15 is 0 Å². The Balaban J connectivity index is 2.40. The van der Waals surface area contributed by atoms with E-state index < -0.39 is 11.8 Å². The van der Waals surface area contributed by atoms with E-state index in [-0.39, 0.29) is 19.3 Å². The lowest BCUT2D eigenvalue weighted by Crippen LogP contribution is -2.56. The highest BCUT2D eigenvalue weighted by Gasteiger charge is 2.33. The van der Waals surface area contributed by atoms with Gasteiger partial charge in [-0.3, -0.25) is 9.59 Å². The lowest BCUT2D eigenvalue weighted by Gasteiger charge is -2.35. The first-order valence-corrected chi connectivity index (χ1v) is 5.86. The van der Waals surface area contributed by atoms with Gasteiger partial charge in [-0.15, -0.1) is 0 Å². The van der Waals surface area contributed by atoms with E-state index in [1.54, 1.807) is 4.90 Å². The number of rotatable bonds is 6. The molecule has 0 radical (unpaired) electrons. The summed E-state index contributed by atoms with van der Waals surface area (Å²) in [6, 6.07) is 0.0549. The average Bonchev–Trinajstić information content (AvgIpc) is 2.29. The quantitative estimate of drug-likeness (QED) is 0.484. The summed E-state index contributed by atoms with van der Waals surface area (Å²) in [6.45, 7) is 5.88. The van der Waals surface area contributed by atoms with Crippen LogP contribution in [-0.2, 0) is 14.3 Å². The molecule has 0 atom stereocenters. The van der Waals surface area contributed by atoms with Gasteiger partial charge in [0, 0.05) is 25.7 Å². The van der Waals surface area contributed by atoms with Crippen LogP contribution in [-0.4, -0.2) is 72.2 Å². The Morgan fingerprint density at radius 1 is 1.24 bits per heavy atom. The maximum Gasteiger partial charge on any atom is 0.312 e. The van der Waals surface area contributed by atoms with Gasteiger partial charge >= 0.3 is 11.8 Å². The van der Waals surface area contributed by atoms with Crippen LogP contribution in [0.4, 0.5) is 0 Å². The van der Waals surface area contributed by atoms with Gasteiger partial charge in [0.25, 0.3) is 0 Å². The SMILES string of the molecule is CC(C)N1CCN(CCOCCO)C(=O)C1=O. The second-order valence-electron chi connectivity index (χ2n) is 4.22. The molecule has 0 aromatic heterocycles. The first kappa shape index (κ1) is 13.9. The van der Waals surface area contributed by atoms with E-state index in [1.807, 2.05) is 13.8 Å². The topological polar surface area (TPSA) is 70.1 Å². The fourth-order valence-electron chi connectivity index (χ4n) is 1.74. The molecule has 0 aromatic carbocycles. The largest absolute Gasteiger partial charge is 0.394 e. The van der Waals surface area contributed by atoms with Crippen molar-refractivity contribution >= 4 is 11.8 Å². The number of carbonyl (C=O) groups is 2. The summed E-state index contributed by atoms with van der Waals surface area (Å²) in [5.41, 5.74) is 0. The van der Waals surface area contributed by atoms with Crippen molar-refractivity contribution in [2.45, 2.75) is 19.9 Å². The maximum atomic E-state index is 11.7. The highest BCUT2D eigenvalue weighted by atomic mass is 16.5. The zero-order valence-electron chi connectivity index (χ0n) is 10.4. The van der Waals surface area contributed by atoms with Crippen LogP contribution in [0.15, 0.2) is 0 Å². The van der Waals surface area contributed by atoms with E-state index in [4.69, 9.17) is 9.84 Å². The Kier molecular flexibility index (Phi) is 5.37. The molecular weight excluding hydrogens is 224 g/mol. The minimum Gasteiger partial charge on any atom is -0.394 e. The highest BCUT2D eigenvalue weighted by Crippen LogP contribution is 2.08. The van der Waals surface area contributed by atoms with Crippen molar-refractivity contribution in [3.05, 3.63) is 0 Å². The lowest BCUT2D eigenvalue weighted by molar-refractivity contribution is -0.157. The van der Waals surface area contributed by atoms with Crippen molar-refractivity contribution in [1.82, 2.24) is 9.80 Å². The minimum absolute atomic E-state index is 0.0337. The zero-order valence-corrected chi connectivity index (χ0v) is 10.4. The molecule has 6 nitrogen and oxygen atoms in total. The molecule has 1 rings (SSSR count). The highest BCUT2D eigenvalue weighted by molar-refractivity contribution is 6.35. The van der Waals surface area contributed by atoms with Crippen molar-refractivity contribution in [3.63, 3.8) is 0 Å². The number of piperazine rings is 1. The van der Waals surface area contributed by atoms with Gasteiger partial charge in [0.1, 0.15) is 0 Å². The summed E-state index contributed by atoms with van der Waals surface area (Å²) in [5, 5.41) is 8.53. The molecule has 0 saturated carbocycles. The maximum absolute atomic E-state index is 11.7. The lowest BCUT2D eigenvalue weighted by atomic mass is 10.2. The number of hydrogen-bond acceptors (Lipinski definition) is 4. The molecule has 1 aliphatic heterocycles. The molecule has 17 heavy (non-hydrogen) atoms. The summed E-state index contributed by atoms with van der Waals surface area (Å²) in [7, 11) is 0. The number of ether oxygens (including phenoxy) is 1. The van der Waals surface area contributed by atoms with Gasteiger partial charge in [0.05, 0.1) is 19.8 Å². The normalized spacial score (nSPS) is 17.2. The Morgan fingerprint density at radius 2 is 1.94 bits per heavy atom. The molecule has 0 aromatic rings. The van der Waals surface area contributed by atoms with Crippen LogP contribution in [0.2, 0.25) is 0 Å². The molecule has 0 aliphatic carbocycles. The molecule has 98 valence electrons. The second-order valence-corrected chi connectivity index (χ2v) is 4.22. The number of nitrogens with zero attached hydrogens (tertiary/aromatic N) is 2. The van der Waals surface area contributed by atoms with Crippen molar-refractivity contribution in [3.8, 4) is 0 Å². The van der Waals surface area contributed by atoms with Crippen LogP contribution in [0.5, 0.6) is 0 Å². The molecule has 1 fully saturated rings. The number of aliphatic hydroxyl groups excluding tert-OH is 1. The van der Waals surface area contributed by atoms with Crippen molar-refractivity contribution in [1.29, 1.82) is 0 Å². The molecule has 2 amide bonds. The Hall–Kier alpha value is -1.14. The molecule has 0 bridgehead atoms. The van der Waals surface area contributed by atoms with E-state index in [0.29, 0.717) is 26.2 Å². The average molecular weight is 244 g/mol. The molecule has 1 saturated heterocycles. The third kappa shape index (κ3) is 3.67. The number of carbonyl (C=O) groups excluding carboxylic acids is 2. The minimum atomic E-state index is -0.461. The number of hydrogen-bond donors (Lipinski definition) is 1. The third-order valence-corrected chi connectivity index (χ3v) is 2.71. The zero-order chi connectivity index (χ0) is 12.8. The van der Waals surface area contributed by atoms with Crippen LogP contribution in [0.1, 0.15) is 13.8 Å². The van der Waals surface area contributed by atoms with Crippen molar-refractivity contribution < 1.29 is 19.4 Å². The number of amides is 2. The van der Waals surface area contributed by atoms with Crippen molar-refractivity contribution in [2.75, 3.05) is 39.5 Å². The van der Waals surface area contributed by atoms with E-state index in [2.05, 4.69) is 0 Å². The Bertz CT molecular complexity index is 281. The summed E-state index contributed by atoms with van der Waals surface area (Å²) in [5.74, 6) is -0.897. The van der Waals surface area contributed by atoms with Crippen LogP contribution in [0.25, 0.3) is 0 Å². The number of aliphatic hydroxyl groups is 1.